The molecule has 198 valence electrons. The third-order valence-corrected chi connectivity index (χ3v) is 11.8. The van der Waals surface area contributed by atoms with Crippen LogP contribution in [0.15, 0.2) is 43.0 Å². The summed E-state index contributed by atoms with van der Waals surface area (Å²) in [6.07, 6.45) is -0.343. The Hall–Kier alpha value is -2.64. The van der Waals surface area contributed by atoms with Gasteiger partial charge in [0, 0.05) is 16.7 Å². The molecular formula is C23H32N6O6PSi+. The van der Waals surface area contributed by atoms with E-state index in [1.165, 1.54) is 12.7 Å². The first-order chi connectivity index (χ1) is 17.4. The molecular weight excluding hydrogens is 515 g/mol. The lowest BCUT2D eigenvalue weighted by atomic mass is 10.1. The minimum Gasteiger partial charge on any atom is -0.406 e. The van der Waals surface area contributed by atoms with Crippen LogP contribution in [0.1, 0.15) is 37.4 Å². The molecule has 1 saturated heterocycles. The second-order valence-corrected chi connectivity index (χ2v) is 15.8. The van der Waals surface area contributed by atoms with Gasteiger partial charge in [-0.25, -0.2) is 15.0 Å². The largest absolute Gasteiger partial charge is 0.695 e. The highest BCUT2D eigenvalue weighted by Crippen LogP contribution is 2.44. The molecule has 0 spiro atoms. The Kier molecular flexibility index (Phi) is 7.86. The third-order valence-electron chi connectivity index (χ3n) is 6.87. The number of rotatable bonds is 8. The number of imidazole rings is 1. The van der Waals surface area contributed by atoms with Gasteiger partial charge in [-0.2, -0.15) is 0 Å². The van der Waals surface area contributed by atoms with E-state index in [1.54, 1.807) is 28.8 Å². The maximum atomic E-state index is 12.7. The standard InChI is InChI=1S/C23H31N6O6PSi/c1-23(2,3)37(4,5)35-18-17(34-36(31)32)15(11-24)33-22(18)29-13-27-16-19(25-12-26-20(16)29)28-21(30)14-9-7-6-8-10-14/h6-10,12-13,15,17-18,22H,11,24H2,1-5H3,(H-,25,26,28,30,31,32)/p+1/t15-,17+,18?,22-/m1/s1. The van der Waals surface area contributed by atoms with Gasteiger partial charge in [0.2, 0.25) is 0 Å². The number of carbonyl (C=O) groups is 1. The molecule has 3 heterocycles. The minimum atomic E-state index is -2.94. The molecule has 14 heteroatoms. The van der Waals surface area contributed by atoms with Gasteiger partial charge in [-0.15, -0.1) is 9.42 Å². The summed E-state index contributed by atoms with van der Waals surface area (Å²) in [6, 6.07) is 8.75. The average Bonchev–Trinajstić information content (AvgIpc) is 3.40. The molecule has 1 amide bonds. The molecule has 2 unspecified atom stereocenters. The highest BCUT2D eigenvalue weighted by Gasteiger charge is 2.54. The van der Waals surface area contributed by atoms with E-state index in [-0.39, 0.29) is 23.3 Å². The molecule has 0 aliphatic carbocycles. The maximum absolute atomic E-state index is 12.7. The van der Waals surface area contributed by atoms with Crippen molar-refractivity contribution in [1.29, 1.82) is 0 Å². The van der Waals surface area contributed by atoms with Gasteiger partial charge in [-0.05, 0) is 30.3 Å². The van der Waals surface area contributed by atoms with Crippen molar-refractivity contribution >= 4 is 39.5 Å². The number of nitrogens with zero attached hydrogens (tertiary/aromatic N) is 4. The Morgan fingerprint density at radius 3 is 2.54 bits per heavy atom. The summed E-state index contributed by atoms with van der Waals surface area (Å²) in [6.45, 7) is 10.5. The number of nitrogens with two attached hydrogens (primary N) is 1. The molecule has 0 saturated carbocycles. The van der Waals surface area contributed by atoms with E-state index in [0.29, 0.717) is 16.7 Å². The molecule has 1 aliphatic rings. The molecule has 1 aliphatic heterocycles. The van der Waals surface area contributed by atoms with Crippen molar-refractivity contribution < 1.29 is 27.9 Å². The lowest BCUT2D eigenvalue weighted by Gasteiger charge is -2.40. The SMILES string of the molecule is CC(C)(C)[Si](C)(C)OC1[C@@H](O[P+](=O)O)[C@@H](CN)O[C@H]1n1cnc2c(NC(=O)c3ccccc3)ncnc21. The normalized spacial score (nSPS) is 22.8. The summed E-state index contributed by atoms with van der Waals surface area (Å²) < 4.78 is 31.6. The molecule has 1 fully saturated rings. The first kappa shape index (κ1) is 27.4. The van der Waals surface area contributed by atoms with Crippen LogP contribution in [0.3, 0.4) is 0 Å². The lowest BCUT2D eigenvalue weighted by Crippen LogP contribution is -2.49. The zero-order valence-electron chi connectivity index (χ0n) is 21.4. The van der Waals surface area contributed by atoms with E-state index < -0.39 is 41.1 Å². The molecule has 0 radical (unpaired) electrons. The summed E-state index contributed by atoms with van der Waals surface area (Å²) in [5.41, 5.74) is 7.16. The van der Waals surface area contributed by atoms with Crippen LogP contribution in [0.25, 0.3) is 11.2 Å². The van der Waals surface area contributed by atoms with E-state index in [0.717, 1.165) is 0 Å². The van der Waals surface area contributed by atoms with Crippen LogP contribution in [0, 0.1) is 0 Å². The van der Waals surface area contributed by atoms with Crippen molar-refractivity contribution in [3.8, 4) is 0 Å². The fourth-order valence-corrected chi connectivity index (χ4v) is 5.64. The molecule has 4 rings (SSSR count). The molecule has 1 aromatic carbocycles. The van der Waals surface area contributed by atoms with Gasteiger partial charge >= 0.3 is 8.25 Å². The van der Waals surface area contributed by atoms with E-state index >= 15 is 0 Å². The molecule has 3 aromatic rings. The number of benzene rings is 1. The average molecular weight is 548 g/mol. The van der Waals surface area contributed by atoms with Crippen LogP contribution in [-0.4, -0.2) is 63.5 Å². The molecule has 37 heavy (non-hydrogen) atoms. The monoisotopic (exact) mass is 547 g/mol. The van der Waals surface area contributed by atoms with E-state index in [9.17, 15) is 14.3 Å². The number of amides is 1. The summed E-state index contributed by atoms with van der Waals surface area (Å²) in [4.78, 5) is 35.3. The fraction of sp³-hybridized carbons (Fsp3) is 0.478. The number of hydrogen-bond acceptors (Lipinski definition) is 9. The van der Waals surface area contributed by atoms with Crippen molar-refractivity contribution in [3.05, 3.63) is 48.5 Å². The van der Waals surface area contributed by atoms with Crippen molar-refractivity contribution in [3.63, 3.8) is 0 Å². The zero-order valence-corrected chi connectivity index (χ0v) is 23.3. The van der Waals surface area contributed by atoms with Crippen LogP contribution in [-0.2, 0) is 18.3 Å². The second kappa shape index (κ2) is 10.6. The molecule has 2 aromatic heterocycles. The molecule has 4 N–H and O–H groups in total. The lowest BCUT2D eigenvalue weighted by molar-refractivity contribution is -0.0286. The maximum Gasteiger partial charge on any atom is 0.695 e. The summed E-state index contributed by atoms with van der Waals surface area (Å²) >= 11 is 0. The molecule has 0 bridgehead atoms. The minimum absolute atomic E-state index is 0.0434. The topological polar surface area (TPSA) is 164 Å². The van der Waals surface area contributed by atoms with Gasteiger partial charge in [0.25, 0.3) is 5.91 Å². The molecule has 12 nitrogen and oxygen atoms in total. The van der Waals surface area contributed by atoms with Crippen LogP contribution >= 0.6 is 8.25 Å². The van der Waals surface area contributed by atoms with Gasteiger partial charge in [0.05, 0.1) is 6.33 Å². The van der Waals surface area contributed by atoms with Crippen molar-refractivity contribution in [2.75, 3.05) is 11.9 Å². The molecule has 5 atom stereocenters. The summed E-state index contributed by atoms with van der Waals surface area (Å²) in [7, 11) is -5.33. The Labute approximate surface area is 216 Å². The smallest absolute Gasteiger partial charge is 0.406 e. The second-order valence-electron chi connectivity index (χ2n) is 10.3. The van der Waals surface area contributed by atoms with Crippen molar-refractivity contribution in [2.24, 2.45) is 5.73 Å². The Bertz CT molecular complexity index is 1280. The van der Waals surface area contributed by atoms with Gasteiger partial charge in [-0.1, -0.05) is 39.0 Å². The number of ether oxygens (including phenoxy) is 1. The first-order valence-corrected chi connectivity index (χ1v) is 15.9. The fourth-order valence-electron chi connectivity index (χ4n) is 3.89. The predicted molar refractivity (Wildman–Crippen MR) is 139 cm³/mol. The number of nitrogens with one attached hydrogen (secondary N) is 1. The first-order valence-electron chi connectivity index (χ1n) is 11.8. The van der Waals surface area contributed by atoms with Crippen molar-refractivity contribution in [1.82, 2.24) is 19.5 Å². The van der Waals surface area contributed by atoms with Crippen LogP contribution in [0.4, 0.5) is 5.82 Å². The van der Waals surface area contributed by atoms with E-state index in [2.05, 4.69) is 54.1 Å². The Morgan fingerprint density at radius 1 is 1.22 bits per heavy atom. The van der Waals surface area contributed by atoms with E-state index in [1.807, 2.05) is 6.07 Å². The summed E-state index contributed by atoms with van der Waals surface area (Å²) in [5, 5.41) is 2.63. The van der Waals surface area contributed by atoms with Crippen LogP contribution in [0.2, 0.25) is 18.1 Å². The van der Waals surface area contributed by atoms with Crippen molar-refractivity contribution in [2.45, 2.75) is 63.4 Å². The number of carbonyl (C=O) groups excluding carboxylic acids is 1. The number of aromatic nitrogens is 4. The number of hydrogen-bond donors (Lipinski definition) is 3. The zero-order chi connectivity index (χ0) is 27.0. The van der Waals surface area contributed by atoms with Gasteiger partial charge in [0.1, 0.15) is 18.5 Å². The van der Waals surface area contributed by atoms with Crippen LogP contribution < -0.4 is 11.1 Å². The van der Waals surface area contributed by atoms with Gasteiger partial charge in [-0.3, -0.25) is 9.36 Å². The van der Waals surface area contributed by atoms with E-state index in [4.69, 9.17) is 19.4 Å². The van der Waals surface area contributed by atoms with Crippen LogP contribution in [0.5, 0.6) is 0 Å². The quantitative estimate of drug-likeness (QED) is 0.281. The number of fused-ring (bicyclic) bond motifs is 1. The van der Waals surface area contributed by atoms with Gasteiger partial charge in [0.15, 0.2) is 37.6 Å². The highest BCUT2D eigenvalue weighted by atomic mass is 31.1. The highest BCUT2D eigenvalue weighted by molar-refractivity contribution is 7.32. The third kappa shape index (κ3) is 5.63. The Morgan fingerprint density at radius 2 is 1.92 bits per heavy atom. The summed E-state index contributed by atoms with van der Waals surface area (Å²) in [5.74, 6) is -0.103. The number of anilines is 1. The Balaban J connectivity index is 1.72. The van der Waals surface area contributed by atoms with Gasteiger partial charge < -0.3 is 20.2 Å². The predicted octanol–water partition coefficient (Wildman–Crippen LogP) is 3.36.